The molecule has 0 aliphatic heterocycles. The average molecular weight is 285 g/mol. The molecule has 98 valence electrons. The first kappa shape index (κ1) is 13.6. The van der Waals surface area contributed by atoms with E-state index in [1.807, 2.05) is 0 Å². The quantitative estimate of drug-likeness (QED) is 0.737. The minimum Gasteiger partial charge on any atom is -0.289 e. The molecule has 2 rings (SSSR count). The van der Waals surface area contributed by atoms with Crippen molar-refractivity contribution in [1.82, 2.24) is 0 Å². The fourth-order valence-electron chi connectivity index (χ4n) is 1.72. The molecule has 0 unspecified atom stereocenters. The van der Waals surface area contributed by atoms with E-state index >= 15 is 0 Å². The summed E-state index contributed by atoms with van der Waals surface area (Å²) >= 11 is 5.83. The van der Waals surface area contributed by atoms with Gasteiger partial charge in [0.25, 0.3) is 0 Å². The summed E-state index contributed by atoms with van der Waals surface area (Å²) in [6.45, 7) is 0. The minimum atomic E-state index is -4.58. The lowest BCUT2D eigenvalue weighted by Crippen LogP contribution is -2.13. The number of alkyl halides is 3. The molecule has 0 saturated carbocycles. The van der Waals surface area contributed by atoms with Gasteiger partial charge in [-0.1, -0.05) is 41.9 Å². The molecule has 0 atom stereocenters. The number of ketones is 1. The van der Waals surface area contributed by atoms with Crippen molar-refractivity contribution in [2.75, 3.05) is 0 Å². The third-order valence-corrected chi connectivity index (χ3v) is 2.93. The van der Waals surface area contributed by atoms with Crippen LogP contribution in [-0.4, -0.2) is 5.78 Å². The van der Waals surface area contributed by atoms with Crippen LogP contribution in [0.4, 0.5) is 13.2 Å². The van der Waals surface area contributed by atoms with Gasteiger partial charge in [-0.05, 0) is 18.2 Å². The minimum absolute atomic E-state index is 0.0564. The lowest BCUT2D eigenvalue weighted by Gasteiger charge is -2.12. The molecule has 2 aromatic carbocycles. The molecule has 0 aliphatic rings. The summed E-state index contributed by atoms with van der Waals surface area (Å²) in [7, 11) is 0. The van der Waals surface area contributed by atoms with E-state index in [4.69, 9.17) is 11.6 Å². The summed E-state index contributed by atoms with van der Waals surface area (Å²) in [5, 5.41) is 0.129. The summed E-state index contributed by atoms with van der Waals surface area (Å²) in [5.74, 6) is -0.737. The maximum absolute atomic E-state index is 12.8. The Bertz CT molecular complexity index is 620. The van der Waals surface area contributed by atoms with Crippen LogP contribution in [0.1, 0.15) is 21.5 Å². The summed E-state index contributed by atoms with van der Waals surface area (Å²) in [6, 6.07) is 10.7. The number of carbonyl (C=O) groups excluding carboxylic acids is 1. The van der Waals surface area contributed by atoms with Gasteiger partial charge in [0.15, 0.2) is 5.78 Å². The molecule has 0 aromatic heterocycles. The second-order valence-electron chi connectivity index (χ2n) is 3.85. The molecular weight excluding hydrogens is 277 g/mol. The van der Waals surface area contributed by atoms with Gasteiger partial charge >= 0.3 is 6.18 Å². The third-order valence-electron chi connectivity index (χ3n) is 2.60. The zero-order valence-electron chi connectivity index (χ0n) is 9.54. The van der Waals surface area contributed by atoms with Crippen molar-refractivity contribution in [1.29, 1.82) is 0 Å². The fraction of sp³-hybridized carbons (Fsp3) is 0.0714. The van der Waals surface area contributed by atoms with Crippen molar-refractivity contribution >= 4 is 17.4 Å². The maximum atomic E-state index is 12.8. The van der Waals surface area contributed by atoms with Gasteiger partial charge in [0.2, 0.25) is 0 Å². The molecule has 5 heteroatoms. The van der Waals surface area contributed by atoms with Crippen molar-refractivity contribution < 1.29 is 18.0 Å². The Morgan fingerprint density at radius 3 is 2.00 bits per heavy atom. The summed E-state index contributed by atoms with van der Waals surface area (Å²) < 4.78 is 38.5. The Morgan fingerprint density at radius 1 is 0.895 bits per heavy atom. The Morgan fingerprint density at radius 2 is 1.42 bits per heavy atom. The molecule has 0 spiro atoms. The highest BCUT2D eigenvalue weighted by Crippen LogP contribution is 2.33. The topological polar surface area (TPSA) is 17.1 Å². The molecule has 19 heavy (non-hydrogen) atoms. The van der Waals surface area contributed by atoms with Gasteiger partial charge in [0.1, 0.15) is 0 Å². The maximum Gasteiger partial charge on any atom is 0.417 e. The number of rotatable bonds is 2. The number of carbonyl (C=O) groups is 1. The van der Waals surface area contributed by atoms with Gasteiger partial charge in [-0.15, -0.1) is 0 Å². The van der Waals surface area contributed by atoms with Crippen LogP contribution in [0.3, 0.4) is 0 Å². The largest absolute Gasteiger partial charge is 0.417 e. The fourth-order valence-corrected chi connectivity index (χ4v) is 1.94. The van der Waals surface area contributed by atoms with E-state index in [2.05, 4.69) is 0 Å². The first-order valence-corrected chi connectivity index (χ1v) is 5.74. The molecule has 0 heterocycles. The number of halogens is 4. The number of benzene rings is 2. The van der Waals surface area contributed by atoms with Crippen LogP contribution in [0.25, 0.3) is 0 Å². The molecular formula is C14H8ClF3O. The van der Waals surface area contributed by atoms with E-state index in [9.17, 15) is 18.0 Å². The van der Waals surface area contributed by atoms with E-state index in [1.54, 1.807) is 12.1 Å². The molecule has 0 fully saturated rings. The van der Waals surface area contributed by atoms with E-state index in [0.29, 0.717) is 0 Å². The molecule has 0 bridgehead atoms. The van der Waals surface area contributed by atoms with Gasteiger partial charge in [-0.3, -0.25) is 4.79 Å². The van der Waals surface area contributed by atoms with Crippen molar-refractivity contribution in [2.24, 2.45) is 0 Å². The number of hydrogen-bond donors (Lipinski definition) is 0. The summed E-state index contributed by atoms with van der Waals surface area (Å²) in [5.41, 5.74) is -1.30. The van der Waals surface area contributed by atoms with E-state index in [-0.39, 0.29) is 10.6 Å². The van der Waals surface area contributed by atoms with Crippen molar-refractivity contribution in [3.8, 4) is 0 Å². The van der Waals surface area contributed by atoms with Crippen LogP contribution in [0.15, 0.2) is 48.5 Å². The molecule has 0 amide bonds. The monoisotopic (exact) mass is 284 g/mol. The van der Waals surface area contributed by atoms with Crippen LogP contribution in [-0.2, 0) is 6.18 Å². The van der Waals surface area contributed by atoms with Crippen molar-refractivity contribution in [3.63, 3.8) is 0 Å². The first-order valence-electron chi connectivity index (χ1n) is 5.36. The molecule has 0 saturated heterocycles. The number of hydrogen-bond acceptors (Lipinski definition) is 1. The van der Waals surface area contributed by atoms with Gasteiger partial charge in [-0.2, -0.15) is 13.2 Å². The SMILES string of the molecule is O=C(c1ccccc1Cl)c1ccccc1C(F)(F)F. The van der Waals surface area contributed by atoms with Gasteiger partial charge in [-0.25, -0.2) is 0 Å². The standard InChI is InChI=1S/C14H8ClF3O/c15-12-8-4-2-6-10(12)13(19)9-5-1-3-7-11(9)14(16,17)18/h1-8H. The summed E-state index contributed by atoms with van der Waals surface area (Å²) in [4.78, 5) is 12.2. The third kappa shape index (κ3) is 2.79. The van der Waals surface area contributed by atoms with E-state index < -0.39 is 23.1 Å². The normalized spacial score (nSPS) is 11.4. The molecule has 0 aliphatic carbocycles. The zero-order chi connectivity index (χ0) is 14.0. The Kier molecular flexibility index (Phi) is 3.62. The second-order valence-corrected chi connectivity index (χ2v) is 4.26. The first-order chi connectivity index (χ1) is 8.91. The van der Waals surface area contributed by atoms with Crippen LogP contribution in [0, 0.1) is 0 Å². The predicted octanol–water partition coefficient (Wildman–Crippen LogP) is 4.59. The molecule has 0 N–H and O–H groups in total. The highest BCUT2D eigenvalue weighted by molar-refractivity contribution is 6.35. The highest BCUT2D eigenvalue weighted by Gasteiger charge is 2.35. The molecule has 1 nitrogen and oxygen atoms in total. The Labute approximate surface area is 112 Å². The highest BCUT2D eigenvalue weighted by atomic mass is 35.5. The second kappa shape index (κ2) is 5.05. The van der Waals surface area contributed by atoms with Crippen LogP contribution in [0.5, 0.6) is 0 Å². The molecule has 0 radical (unpaired) electrons. The van der Waals surface area contributed by atoms with Crippen LogP contribution < -0.4 is 0 Å². The average Bonchev–Trinajstić information content (AvgIpc) is 2.37. The van der Waals surface area contributed by atoms with E-state index in [0.717, 1.165) is 12.1 Å². The van der Waals surface area contributed by atoms with Crippen LogP contribution >= 0.6 is 11.6 Å². The summed E-state index contributed by atoms with van der Waals surface area (Å²) in [6.07, 6.45) is -4.58. The van der Waals surface area contributed by atoms with Crippen molar-refractivity contribution in [3.05, 3.63) is 70.2 Å². The Hall–Kier alpha value is -1.81. The Balaban J connectivity index is 2.55. The predicted molar refractivity (Wildman–Crippen MR) is 66.3 cm³/mol. The van der Waals surface area contributed by atoms with Gasteiger partial charge < -0.3 is 0 Å². The van der Waals surface area contributed by atoms with Crippen LogP contribution in [0.2, 0.25) is 5.02 Å². The van der Waals surface area contributed by atoms with Gasteiger partial charge in [0.05, 0.1) is 10.6 Å². The van der Waals surface area contributed by atoms with E-state index in [1.165, 1.54) is 24.3 Å². The lowest BCUT2D eigenvalue weighted by molar-refractivity contribution is -0.137. The lowest BCUT2D eigenvalue weighted by atomic mass is 9.98. The smallest absolute Gasteiger partial charge is 0.289 e. The van der Waals surface area contributed by atoms with Gasteiger partial charge in [0, 0.05) is 11.1 Å². The zero-order valence-corrected chi connectivity index (χ0v) is 10.3. The molecule has 2 aromatic rings. The van der Waals surface area contributed by atoms with Crippen molar-refractivity contribution in [2.45, 2.75) is 6.18 Å².